The first-order valence-corrected chi connectivity index (χ1v) is 11.8. The Bertz CT molecular complexity index is 1130. The fourth-order valence-corrected chi connectivity index (χ4v) is 4.95. The van der Waals surface area contributed by atoms with Crippen LogP contribution in [0.1, 0.15) is 11.1 Å². The number of halogens is 2. The van der Waals surface area contributed by atoms with Crippen LogP contribution >= 0.6 is 23.2 Å². The minimum absolute atomic E-state index is 0.143. The monoisotopic (exact) mass is 476 g/mol. The molecule has 1 amide bonds. The van der Waals surface area contributed by atoms with Crippen LogP contribution in [0.3, 0.4) is 0 Å². The van der Waals surface area contributed by atoms with Gasteiger partial charge in [0.15, 0.2) is 0 Å². The Morgan fingerprint density at radius 1 is 0.935 bits per heavy atom. The van der Waals surface area contributed by atoms with Crippen LogP contribution in [-0.2, 0) is 21.2 Å². The maximum absolute atomic E-state index is 13.3. The molecule has 5 nitrogen and oxygen atoms in total. The van der Waals surface area contributed by atoms with Crippen LogP contribution in [-0.4, -0.2) is 31.7 Å². The van der Waals surface area contributed by atoms with Gasteiger partial charge in [-0.2, -0.15) is 4.31 Å². The number of nitrogens with zero attached hydrogens (tertiary/aromatic N) is 1. The van der Waals surface area contributed by atoms with Crippen LogP contribution in [0.15, 0.2) is 77.7 Å². The van der Waals surface area contributed by atoms with Crippen molar-refractivity contribution in [3.8, 4) is 0 Å². The zero-order valence-corrected chi connectivity index (χ0v) is 19.2. The molecule has 0 bridgehead atoms. The number of anilines is 1. The average molecular weight is 477 g/mol. The number of carbonyl (C=O) groups excluding carboxylic acids is 1. The second kappa shape index (κ2) is 10.3. The van der Waals surface area contributed by atoms with Crippen molar-refractivity contribution in [2.45, 2.75) is 18.2 Å². The number of nitrogens with one attached hydrogen (secondary N) is 1. The van der Waals surface area contributed by atoms with Crippen LogP contribution in [0.4, 0.5) is 5.69 Å². The number of rotatable bonds is 8. The molecule has 0 fully saturated rings. The molecule has 0 atom stereocenters. The first-order chi connectivity index (χ1) is 14.7. The van der Waals surface area contributed by atoms with Gasteiger partial charge in [0.25, 0.3) is 0 Å². The molecule has 0 aromatic heterocycles. The summed E-state index contributed by atoms with van der Waals surface area (Å²) in [6, 6.07) is 20.7. The lowest BCUT2D eigenvalue weighted by Crippen LogP contribution is -2.39. The molecular weight excluding hydrogens is 455 g/mol. The lowest BCUT2D eigenvalue weighted by atomic mass is 10.1. The zero-order valence-electron chi connectivity index (χ0n) is 16.9. The maximum Gasteiger partial charge on any atom is 0.243 e. The van der Waals surface area contributed by atoms with E-state index in [9.17, 15) is 13.2 Å². The Morgan fingerprint density at radius 3 is 2.16 bits per heavy atom. The average Bonchev–Trinajstić information content (AvgIpc) is 2.71. The predicted molar refractivity (Wildman–Crippen MR) is 125 cm³/mol. The highest BCUT2D eigenvalue weighted by molar-refractivity contribution is 7.89. The topological polar surface area (TPSA) is 66.5 Å². The number of amides is 1. The van der Waals surface area contributed by atoms with E-state index in [4.69, 9.17) is 23.2 Å². The van der Waals surface area contributed by atoms with Crippen molar-refractivity contribution in [3.05, 3.63) is 94.0 Å². The van der Waals surface area contributed by atoms with E-state index < -0.39 is 15.9 Å². The third-order valence-corrected chi connectivity index (χ3v) is 6.91. The molecule has 3 aromatic rings. The number of hydrogen-bond donors (Lipinski definition) is 1. The molecule has 3 aromatic carbocycles. The molecule has 0 saturated heterocycles. The summed E-state index contributed by atoms with van der Waals surface area (Å²) in [7, 11) is -3.87. The fourth-order valence-electron chi connectivity index (χ4n) is 3.03. The summed E-state index contributed by atoms with van der Waals surface area (Å²) in [4.78, 5) is 12.8. The predicted octanol–water partition coefficient (Wildman–Crippen LogP) is 5.17. The Labute approximate surface area is 192 Å². The highest BCUT2D eigenvalue weighted by Crippen LogP contribution is 2.23. The van der Waals surface area contributed by atoms with Crippen molar-refractivity contribution < 1.29 is 13.2 Å². The van der Waals surface area contributed by atoms with Gasteiger partial charge in [-0.15, -0.1) is 0 Å². The lowest BCUT2D eigenvalue weighted by molar-refractivity contribution is -0.116. The molecule has 0 aliphatic carbocycles. The van der Waals surface area contributed by atoms with Crippen molar-refractivity contribution in [3.63, 3.8) is 0 Å². The summed E-state index contributed by atoms with van der Waals surface area (Å²) < 4.78 is 27.7. The van der Waals surface area contributed by atoms with Gasteiger partial charge in [-0.25, -0.2) is 8.42 Å². The largest absolute Gasteiger partial charge is 0.325 e. The summed E-state index contributed by atoms with van der Waals surface area (Å²) in [5, 5.41) is 3.41. The van der Waals surface area contributed by atoms with Crippen molar-refractivity contribution in [1.82, 2.24) is 4.31 Å². The van der Waals surface area contributed by atoms with Crippen LogP contribution in [0.2, 0.25) is 10.0 Å². The van der Waals surface area contributed by atoms with Gasteiger partial charge in [-0.05, 0) is 49.2 Å². The van der Waals surface area contributed by atoms with Crippen LogP contribution in [0, 0.1) is 6.92 Å². The maximum atomic E-state index is 13.3. The van der Waals surface area contributed by atoms with E-state index in [0.717, 1.165) is 11.1 Å². The normalized spacial score (nSPS) is 11.5. The summed E-state index contributed by atoms with van der Waals surface area (Å²) in [5.74, 6) is -0.484. The highest BCUT2D eigenvalue weighted by Gasteiger charge is 2.26. The Morgan fingerprint density at radius 2 is 1.55 bits per heavy atom. The molecule has 31 heavy (non-hydrogen) atoms. The summed E-state index contributed by atoms with van der Waals surface area (Å²) in [6.45, 7) is 1.70. The molecule has 0 heterocycles. The minimum Gasteiger partial charge on any atom is -0.325 e. The zero-order chi connectivity index (χ0) is 22.4. The molecule has 1 N–H and O–H groups in total. The van der Waals surface area contributed by atoms with E-state index in [1.165, 1.54) is 4.31 Å². The molecule has 162 valence electrons. The van der Waals surface area contributed by atoms with Crippen LogP contribution < -0.4 is 5.32 Å². The van der Waals surface area contributed by atoms with Crippen LogP contribution in [0.25, 0.3) is 0 Å². The molecule has 8 heteroatoms. The van der Waals surface area contributed by atoms with Crippen molar-refractivity contribution in [2.24, 2.45) is 0 Å². The first kappa shape index (κ1) is 23.3. The molecule has 3 rings (SSSR count). The summed E-state index contributed by atoms with van der Waals surface area (Å²) in [6.07, 6.45) is 0.474. The second-order valence-electron chi connectivity index (χ2n) is 7.09. The second-order valence-corrected chi connectivity index (χ2v) is 9.90. The number of hydrogen-bond acceptors (Lipinski definition) is 3. The standard InChI is InChI=1S/C23H22Cl2N2O3S/c1-17-7-9-22(10-8-17)31(29,30)27(12-11-18-5-3-2-4-6-18)16-23(28)26-21-14-19(24)13-20(25)15-21/h2-10,13-15H,11-12,16H2,1H3,(H,26,28). The number of carbonyl (C=O) groups is 1. The Balaban J connectivity index is 1.82. The molecule has 0 radical (unpaired) electrons. The van der Waals surface area contributed by atoms with E-state index in [-0.39, 0.29) is 18.0 Å². The van der Waals surface area contributed by atoms with Crippen molar-refractivity contribution in [1.29, 1.82) is 0 Å². The molecule has 0 aliphatic rings. The van der Waals surface area contributed by atoms with E-state index in [1.807, 2.05) is 37.3 Å². The Kier molecular flexibility index (Phi) is 7.73. The third kappa shape index (κ3) is 6.55. The Hall–Kier alpha value is -2.38. The van der Waals surface area contributed by atoms with Gasteiger partial charge < -0.3 is 5.32 Å². The number of benzene rings is 3. The molecular formula is C23H22Cl2N2O3S. The van der Waals surface area contributed by atoms with E-state index in [2.05, 4.69) is 5.32 Å². The summed E-state index contributed by atoms with van der Waals surface area (Å²) in [5.41, 5.74) is 2.33. The quantitative estimate of drug-likeness (QED) is 0.487. The van der Waals surface area contributed by atoms with Gasteiger partial charge in [-0.1, -0.05) is 71.2 Å². The molecule has 0 unspecified atom stereocenters. The van der Waals surface area contributed by atoms with E-state index in [0.29, 0.717) is 22.2 Å². The lowest BCUT2D eigenvalue weighted by Gasteiger charge is -2.22. The van der Waals surface area contributed by atoms with Gasteiger partial charge >= 0.3 is 0 Å². The van der Waals surface area contributed by atoms with Gasteiger partial charge in [-0.3, -0.25) is 4.79 Å². The fraction of sp³-hybridized carbons (Fsp3) is 0.174. The van der Waals surface area contributed by atoms with E-state index in [1.54, 1.807) is 42.5 Å². The molecule has 0 saturated carbocycles. The highest BCUT2D eigenvalue weighted by atomic mass is 35.5. The molecule has 0 spiro atoms. The number of sulfonamides is 1. The van der Waals surface area contributed by atoms with Crippen molar-refractivity contribution >= 4 is 44.8 Å². The minimum atomic E-state index is -3.87. The first-order valence-electron chi connectivity index (χ1n) is 9.61. The van der Waals surface area contributed by atoms with Gasteiger partial charge in [0.2, 0.25) is 15.9 Å². The van der Waals surface area contributed by atoms with Crippen molar-refractivity contribution in [2.75, 3.05) is 18.4 Å². The number of aryl methyl sites for hydroxylation is 1. The third-order valence-electron chi connectivity index (χ3n) is 4.62. The van der Waals surface area contributed by atoms with Gasteiger partial charge in [0.1, 0.15) is 0 Å². The van der Waals surface area contributed by atoms with Gasteiger partial charge in [0, 0.05) is 22.3 Å². The summed E-state index contributed by atoms with van der Waals surface area (Å²) >= 11 is 12.0. The SMILES string of the molecule is Cc1ccc(S(=O)(=O)N(CCc2ccccc2)CC(=O)Nc2cc(Cl)cc(Cl)c2)cc1. The van der Waals surface area contributed by atoms with Gasteiger partial charge in [0.05, 0.1) is 11.4 Å². The smallest absolute Gasteiger partial charge is 0.243 e. The molecule has 0 aliphatic heterocycles. The van der Waals surface area contributed by atoms with E-state index >= 15 is 0 Å². The van der Waals surface area contributed by atoms with Crippen LogP contribution in [0.5, 0.6) is 0 Å².